The third-order valence-corrected chi connectivity index (χ3v) is 4.89. The molecule has 0 unspecified atom stereocenters. The first kappa shape index (κ1) is 12.6. The molecule has 108 valence electrons. The van der Waals surface area contributed by atoms with Crippen LogP contribution in [0, 0.1) is 10.1 Å². The minimum Gasteiger partial charge on any atom is -0.357 e. The molecule has 1 N–H and O–H groups in total. The normalized spacial score (nSPS) is 25.3. The van der Waals surface area contributed by atoms with Crippen molar-refractivity contribution in [2.75, 3.05) is 6.54 Å². The van der Waals surface area contributed by atoms with Crippen molar-refractivity contribution in [1.82, 2.24) is 9.88 Å². The second-order valence-electron chi connectivity index (χ2n) is 5.86. The van der Waals surface area contributed by atoms with E-state index in [-0.39, 0.29) is 17.0 Å². The lowest BCUT2D eigenvalue weighted by atomic mass is 9.90. The highest BCUT2D eigenvalue weighted by atomic mass is 16.6. The number of nitrogens with one attached hydrogen (secondary N) is 1. The van der Waals surface area contributed by atoms with Crippen LogP contribution in [0.4, 0.5) is 0 Å². The molecule has 0 radical (unpaired) electrons. The maximum atomic E-state index is 11.1. The van der Waals surface area contributed by atoms with Gasteiger partial charge >= 0.3 is 0 Å². The molecule has 1 aromatic carbocycles. The third-order valence-electron chi connectivity index (χ3n) is 4.89. The molecule has 3 heterocycles. The smallest absolute Gasteiger partial charge is 0.259 e. The van der Waals surface area contributed by atoms with Crippen LogP contribution in [0.15, 0.2) is 36.0 Å². The zero-order chi connectivity index (χ0) is 14.6. The van der Waals surface area contributed by atoms with Gasteiger partial charge < -0.3 is 4.98 Å². The van der Waals surface area contributed by atoms with Crippen molar-refractivity contribution in [3.8, 4) is 0 Å². The Bertz CT molecular complexity index is 762. The van der Waals surface area contributed by atoms with Gasteiger partial charge in [-0.25, -0.2) is 0 Å². The van der Waals surface area contributed by atoms with Gasteiger partial charge in [0, 0.05) is 23.1 Å². The van der Waals surface area contributed by atoms with Crippen molar-refractivity contribution in [3.63, 3.8) is 0 Å². The molecule has 21 heavy (non-hydrogen) atoms. The second-order valence-corrected chi connectivity index (χ2v) is 5.86. The van der Waals surface area contributed by atoms with E-state index in [9.17, 15) is 10.1 Å². The number of para-hydroxylation sites is 1. The molecule has 0 fully saturated rings. The Morgan fingerprint density at radius 1 is 1.38 bits per heavy atom. The van der Waals surface area contributed by atoms with E-state index in [1.165, 1.54) is 22.2 Å². The molecular formula is C16H17N3O2. The quantitative estimate of drug-likeness (QED) is 0.646. The Balaban J connectivity index is 1.82. The number of aromatic amines is 1. The fourth-order valence-corrected chi connectivity index (χ4v) is 3.85. The van der Waals surface area contributed by atoms with Gasteiger partial charge in [-0.3, -0.25) is 15.0 Å². The number of nitrogens with zero attached hydrogens (tertiary/aromatic N) is 2. The molecule has 5 nitrogen and oxygen atoms in total. The predicted molar refractivity (Wildman–Crippen MR) is 80.6 cm³/mol. The summed E-state index contributed by atoms with van der Waals surface area (Å²) in [5.74, 6) is 0. The second kappa shape index (κ2) is 4.43. The van der Waals surface area contributed by atoms with Crippen molar-refractivity contribution in [3.05, 3.63) is 57.4 Å². The van der Waals surface area contributed by atoms with Crippen LogP contribution in [0.5, 0.6) is 0 Å². The summed E-state index contributed by atoms with van der Waals surface area (Å²) in [6.45, 7) is 2.82. The summed E-state index contributed by atoms with van der Waals surface area (Å²) in [6.07, 6.45) is 3.46. The van der Waals surface area contributed by atoms with Crippen molar-refractivity contribution >= 4 is 10.9 Å². The number of fused-ring (bicyclic) bond motifs is 5. The van der Waals surface area contributed by atoms with Crippen molar-refractivity contribution in [2.45, 2.75) is 31.8 Å². The zero-order valence-electron chi connectivity index (χ0n) is 11.9. The lowest BCUT2D eigenvalue weighted by molar-refractivity contribution is -0.434. The van der Waals surface area contributed by atoms with Gasteiger partial charge in [0.1, 0.15) is 0 Å². The van der Waals surface area contributed by atoms with Crippen molar-refractivity contribution < 1.29 is 4.92 Å². The average molecular weight is 283 g/mol. The zero-order valence-corrected chi connectivity index (χ0v) is 11.9. The number of nitro groups is 1. The molecule has 4 rings (SSSR count). The fourth-order valence-electron chi connectivity index (χ4n) is 3.85. The van der Waals surface area contributed by atoms with E-state index in [1.54, 1.807) is 6.08 Å². The van der Waals surface area contributed by atoms with E-state index < -0.39 is 0 Å². The summed E-state index contributed by atoms with van der Waals surface area (Å²) >= 11 is 0. The molecule has 2 atom stereocenters. The van der Waals surface area contributed by atoms with Crippen LogP contribution < -0.4 is 0 Å². The fraction of sp³-hybridized carbons (Fsp3) is 0.375. The Morgan fingerprint density at radius 2 is 2.19 bits per heavy atom. The number of benzene rings is 1. The molecule has 0 aliphatic carbocycles. The van der Waals surface area contributed by atoms with Gasteiger partial charge in [0.15, 0.2) is 0 Å². The highest BCUT2D eigenvalue weighted by Crippen LogP contribution is 2.40. The highest BCUT2D eigenvalue weighted by Gasteiger charge is 2.40. The van der Waals surface area contributed by atoms with E-state index in [0.717, 1.165) is 13.0 Å². The van der Waals surface area contributed by atoms with Gasteiger partial charge in [-0.15, -0.1) is 0 Å². The molecule has 0 amide bonds. The van der Waals surface area contributed by atoms with Gasteiger partial charge in [-0.2, -0.15) is 0 Å². The number of hydrogen-bond acceptors (Lipinski definition) is 3. The summed E-state index contributed by atoms with van der Waals surface area (Å²) in [5, 5.41) is 12.4. The van der Waals surface area contributed by atoms with Crippen LogP contribution in [0.25, 0.3) is 10.9 Å². The lowest BCUT2D eigenvalue weighted by Gasteiger charge is -2.40. The summed E-state index contributed by atoms with van der Waals surface area (Å²) in [6, 6.07) is 8.47. The van der Waals surface area contributed by atoms with E-state index >= 15 is 0 Å². The van der Waals surface area contributed by atoms with Crippen LogP contribution in [0.3, 0.4) is 0 Å². The first-order chi connectivity index (χ1) is 10.2. The number of rotatable bonds is 1. The van der Waals surface area contributed by atoms with Gasteiger partial charge in [0.05, 0.1) is 17.0 Å². The Morgan fingerprint density at radius 3 is 3.00 bits per heavy atom. The highest BCUT2D eigenvalue weighted by molar-refractivity contribution is 5.85. The molecule has 0 saturated carbocycles. The van der Waals surface area contributed by atoms with Crippen molar-refractivity contribution in [1.29, 1.82) is 0 Å². The average Bonchev–Trinajstić information content (AvgIpc) is 2.86. The third kappa shape index (κ3) is 1.74. The maximum Gasteiger partial charge on any atom is 0.259 e. The molecule has 0 bridgehead atoms. The Hall–Kier alpha value is -2.14. The minimum absolute atomic E-state index is 0.127. The first-order valence-corrected chi connectivity index (χ1v) is 7.36. The van der Waals surface area contributed by atoms with Crippen LogP contribution in [-0.4, -0.2) is 27.4 Å². The van der Waals surface area contributed by atoms with Gasteiger partial charge in [0.2, 0.25) is 0 Å². The molecule has 5 heteroatoms. The topological polar surface area (TPSA) is 62.2 Å². The SMILES string of the molecule is C[C@H]1C([N+](=O)[O-])=CC[C@@H]2c3[nH]c4ccccc4c3CCN21. The number of hydrogen-bond donors (Lipinski definition) is 1. The monoisotopic (exact) mass is 283 g/mol. The summed E-state index contributed by atoms with van der Waals surface area (Å²) in [7, 11) is 0. The van der Waals surface area contributed by atoms with E-state index in [2.05, 4.69) is 28.1 Å². The summed E-state index contributed by atoms with van der Waals surface area (Å²) in [4.78, 5) is 16.7. The van der Waals surface area contributed by atoms with Crippen LogP contribution in [-0.2, 0) is 6.42 Å². The minimum atomic E-state index is -0.235. The van der Waals surface area contributed by atoms with Gasteiger partial charge in [0.25, 0.3) is 5.70 Å². The number of H-pyrrole nitrogens is 1. The Labute approximate surface area is 122 Å². The van der Waals surface area contributed by atoms with Gasteiger partial charge in [-0.1, -0.05) is 18.2 Å². The summed E-state index contributed by atoms with van der Waals surface area (Å²) < 4.78 is 0. The molecule has 2 aliphatic rings. The van der Waals surface area contributed by atoms with Crippen LogP contribution in [0.2, 0.25) is 0 Å². The molecule has 2 aromatic rings. The van der Waals surface area contributed by atoms with Crippen LogP contribution in [0.1, 0.15) is 30.6 Å². The van der Waals surface area contributed by atoms with Crippen LogP contribution >= 0.6 is 0 Å². The predicted octanol–water partition coefficient (Wildman–Crippen LogP) is 3.02. The summed E-state index contributed by atoms with van der Waals surface area (Å²) in [5.41, 5.74) is 4.14. The van der Waals surface area contributed by atoms with E-state index in [0.29, 0.717) is 12.1 Å². The molecular weight excluding hydrogens is 266 g/mol. The Kier molecular flexibility index (Phi) is 2.65. The number of aromatic nitrogens is 1. The largest absolute Gasteiger partial charge is 0.357 e. The molecule has 0 spiro atoms. The van der Waals surface area contributed by atoms with E-state index in [1.807, 2.05) is 13.0 Å². The lowest BCUT2D eigenvalue weighted by Crippen LogP contribution is -2.45. The van der Waals surface area contributed by atoms with Crippen molar-refractivity contribution in [2.24, 2.45) is 0 Å². The van der Waals surface area contributed by atoms with Gasteiger partial charge in [-0.05, 0) is 37.5 Å². The standard InChI is InChI=1S/C16H17N3O2/c1-10-14(19(20)21)6-7-15-16-12(8-9-18(10)15)11-4-2-3-5-13(11)17-16/h2-6,10,15,17H,7-9H2,1H3/t10-,15+/m0/s1. The first-order valence-electron chi connectivity index (χ1n) is 7.36. The molecule has 0 saturated heterocycles. The maximum absolute atomic E-state index is 11.1. The molecule has 2 aliphatic heterocycles. The molecule has 1 aromatic heterocycles. The van der Waals surface area contributed by atoms with E-state index in [4.69, 9.17) is 0 Å².